The van der Waals surface area contributed by atoms with Gasteiger partial charge in [-0.05, 0) is 19.9 Å². The van der Waals surface area contributed by atoms with Gasteiger partial charge in [-0.25, -0.2) is 4.79 Å². The van der Waals surface area contributed by atoms with Crippen molar-refractivity contribution in [1.29, 1.82) is 0 Å². The molecule has 19 heavy (non-hydrogen) atoms. The molecule has 1 aromatic carbocycles. The molecule has 0 saturated carbocycles. The fraction of sp³-hybridized carbons (Fsp3) is 0.357. The molecule has 1 unspecified atom stereocenters. The molecule has 0 aliphatic carbocycles. The number of aliphatic hydroxyl groups is 1. The van der Waals surface area contributed by atoms with Crippen LogP contribution in [0.25, 0.3) is 0 Å². The van der Waals surface area contributed by atoms with Crippen LogP contribution in [0.15, 0.2) is 29.5 Å². The highest BCUT2D eigenvalue weighted by Gasteiger charge is 2.33. The molecule has 1 aliphatic rings. The summed E-state index contributed by atoms with van der Waals surface area (Å²) in [6.45, 7) is 3.57. The van der Waals surface area contributed by atoms with Gasteiger partial charge in [-0.3, -0.25) is 0 Å². The summed E-state index contributed by atoms with van der Waals surface area (Å²) in [5, 5.41) is 10.3. The number of para-hydroxylation sites is 1. The van der Waals surface area contributed by atoms with E-state index in [1.165, 1.54) is 7.11 Å². The van der Waals surface area contributed by atoms with E-state index in [4.69, 9.17) is 14.2 Å². The Balaban J connectivity index is 2.45. The van der Waals surface area contributed by atoms with Gasteiger partial charge in [-0.15, -0.1) is 0 Å². The molecule has 2 rings (SSSR count). The SMILES string of the molecule is CCOC(=O)C1=C(C)Oc2c(OC)cccc2C1O. The number of hydrogen-bond acceptors (Lipinski definition) is 5. The van der Waals surface area contributed by atoms with Crippen LogP contribution in [-0.2, 0) is 9.53 Å². The van der Waals surface area contributed by atoms with E-state index >= 15 is 0 Å². The lowest BCUT2D eigenvalue weighted by Gasteiger charge is -2.26. The molecule has 1 atom stereocenters. The van der Waals surface area contributed by atoms with Gasteiger partial charge in [0.05, 0.1) is 13.7 Å². The topological polar surface area (TPSA) is 65.0 Å². The fourth-order valence-corrected chi connectivity index (χ4v) is 2.04. The second-order valence-corrected chi connectivity index (χ2v) is 4.07. The van der Waals surface area contributed by atoms with Crippen LogP contribution in [0, 0.1) is 0 Å². The highest BCUT2D eigenvalue weighted by molar-refractivity contribution is 5.91. The Morgan fingerprint density at radius 1 is 1.47 bits per heavy atom. The van der Waals surface area contributed by atoms with Crippen LogP contribution in [0.4, 0.5) is 0 Å². The molecule has 1 aliphatic heterocycles. The van der Waals surface area contributed by atoms with Gasteiger partial charge < -0.3 is 19.3 Å². The van der Waals surface area contributed by atoms with Crippen LogP contribution in [0.3, 0.4) is 0 Å². The number of hydrogen-bond donors (Lipinski definition) is 1. The summed E-state index contributed by atoms with van der Waals surface area (Å²) in [6.07, 6.45) is -1.07. The number of esters is 1. The summed E-state index contributed by atoms with van der Waals surface area (Å²) in [7, 11) is 1.52. The fourth-order valence-electron chi connectivity index (χ4n) is 2.04. The van der Waals surface area contributed by atoms with Gasteiger partial charge in [0.15, 0.2) is 11.5 Å². The van der Waals surface area contributed by atoms with Gasteiger partial charge >= 0.3 is 5.97 Å². The van der Waals surface area contributed by atoms with Crippen LogP contribution in [-0.4, -0.2) is 24.8 Å². The van der Waals surface area contributed by atoms with Crippen LogP contribution in [0.5, 0.6) is 11.5 Å². The first-order valence-corrected chi connectivity index (χ1v) is 6.00. The van der Waals surface area contributed by atoms with Gasteiger partial charge in [-0.2, -0.15) is 0 Å². The Kier molecular flexibility index (Phi) is 3.76. The van der Waals surface area contributed by atoms with E-state index in [-0.39, 0.29) is 12.2 Å². The summed E-state index contributed by atoms with van der Waals surface area (Å²) in [5.41, 5.74) is 0.621. The summed E-state index contributed by atoms with van der Waals surface area (Å²) in [6, 6.07) is 5.15. The van der Waals surface area contributed by atoms with Crippen molar-refractivity contribution < 1.29 is 24.1 Å². The largest absolute Gasteiger partial charge is 0.493 e. The van der Waals surface area contributed by atoms with Gasteiger partial charge in [-0.1, -0.05) is 12.1 Å². The van der Waals surface area contributed by atoms with E-state index in [2.05, 4.69) is 0 Å². The van der Waals surface area contributed by atoms with Crippen molar-refractivity contribution in [3.8, 4) is 11.5 Å². The standard InChI is InChI=1S/C14H16O5/c1-4-18-14(16)11-8(2)19-13-9(12(11)15)6-5-7-10(13)17-3/h5-7,12,15H,4H2,1-3H3. The number of fused-ring (bicyclic) bond motifs is 1. The van der Waals surface area contributed by atoms with Crippen molar-refractivity contribution in [3.63, 3.8) is 0 Å². The maximum atomic E-state index is 11.8. The average molecular weight is 264 g/mol. The van der Waals surface area contributed by atoms with Crippen molar-refractivity contribution in [3.05, 3.63) is 35.1 Å². The summed E-state index contributed by atoms with van der Waals surface area (Å²) < 4.78 is 15.7. The van der Waals surface area contributed by atoms with Crippen LogP contribution < -0.4 is 9.47 Å². The normalized spacial score (nSPS) is 17.6. The molecule has 1 N–H and O–H groups in total. The Morgan fingerprint density at radius 3 is 2.84 bits per heavy atom. The van der Waals surface area contributed by atoms with Crippen molar-refractivity contribution in [2.45, 2.75) is 20.0 Å². The molecule has 0 amide bonds. The maximum absolute atomic E-state index is 11.8. The van der Waals surface area contributed by atoms with Gasteiger partial charge in [0.1, 0.15) is 17.4 Å². The van der Waals surface area contributed by atoms with E-state index in [0.29, 0.717) is 22.8 Å². The van der Waals surface area contributed by atoms with Crippen molar-refractivity contribution in [1.82, 2.24) is 0 Å². The minimum absolute atomic E-state index is 0.127. The minimum atomic E-state index is -1.07. The predicted octanol–water partition coefficient (Wildman–Crippen LogP) is 1.96. The van der Waals surface area contributed by atoms with Crippen molar-refractivity contribution in [2.75, 3.05) is 13.7 Å². The third-order valence-corrected chi connectivity index (χ3v) is 2.93. The third-order valence-electron chi connectivity index (χ3n) is 2.93. The molecular weight excluding hydrogens is 248 g/mol. The van der Waals surface area contributed by atoms with Crippen LogP contribution >= 0.6 is 0 Å². The van der Waals surface area contributed by atoms with Crippen molar-refractivity contribution >= 4 is 5.97 Å². The molecule has 1 aromatic rings. The smallest absolute Gasteiger partial charge is 0.340 e. The molecule has 0 saturated heterocycles. The minimum Gasteiger partial charge on any atom is -0.493 e. The molecule has 0 bridgehead atoms. The van der Waals surface area contributed by atoms with E-state index in [9.17, 15) is 9.90 Å². The molecule has 5 nitrogen and oxygen atoms in total. The molecule has 0 spiro atoms. The predicted molar refractivity (Wildman–Crippen MR) is 67.9 cm³/mol. The van der Waals surface area contributed by atoms with E-state index in [1.54, 1.807) is 32.0 Å². The monoisotopic (exact) mass is 264 g/mol. The molecule has 1 heterocycles. The molecule has 0 fully saturated rings. The summed E-state index contributed by atoms with van der Waals surface area (Å²) in [4.78, 5) is 11.8. The molecule has 5 heteroatoms. The van der Waals surface area contributed by atoms with Gasteiger partial charge in [0.2, 0.25) is 0 Å². The molecule has 0 aromatic heterocycles. The third kappa shape index (κ3) is 2.29. The number of carbonyl (C=O) groups excluding carboxylic acids is 1. The van der Waals surface area contributed by atoms with Crippen LogP contribution in [0.1, 0.15) is 25.5 Å². The number of methoxy groups -OCH3 is 1. The zero-order valence-corrected chi connectivity index (χ0v) is 11.1. The van der Waals surface area contributed by atoms with Crippen LogP contribution in [0.2, 0.25) is 0 Å². The molecule has 0 radical (unpaired) electrons. The Morgan fingerprint density at radius 2 is 2.21 bits per heavy atom. The summed E-state index contributed by atoms with van der Waals surface area (Å²) in [5.74, 6) is 0.700. The lowest BCUT2D eigenvalue weighted by atomic mass is 9.97. The summed E-state index contributed by atoms with van der Waals surface area (Å²) >= 11 is 0. The van der Waals surface area contributed by atoms with E-state index in [1.807, 2.05) is 0 Å². The lowest BCUT2D eigenvalue weighted by Crippen LogP contribution is -2.22. The van der Waals surface area contributed by atoms with E-state index in [0.717, 1.165) is 0 Å². The molecular formula is C14H16O5. The quantitative estimate of drug-likeness (QED) is 0.845. The maximum Gasteiger partial charge on any atom is 0.340 e. The zero-order chi connectivity index (χ0) is 14.0. The first-order valence-electron chi connectivity index (χ1n) is 6.00. The van der Waals surface area contributed by atoms with E-state index < -0.39 is 12.1 Å². The number of carbonyl (C=O) groups is 1. The number of aliphatic hydroxyl groups excluding tert-OH is 1. The van der Waals surface area contributed by atoms with Gasteiger partial charge in [0, 0.05) is 5.56 Å². The lowest BCUT2D eigenvalue weighted by molar-refractivity contribution is -0.140. The Bertz CT molecular complexity index is 533. The first-order chi connectivity index (χ1) is 9.10. The highest BCUT2D eigenvalue weighted by Crippen LogP contribution is 2.43. The number of rotatable bonds is 3. The Hall–Kier alpha value is -2.01. The zero-order valence-electron chi connectivity index (χ0n) is 11.1. The van der Waals surface area contributed by atoms with Gasteiger partial charge in [0.25, 0.3) is 0 Å². The van der Waals surface area contributed by atoms with Crippen molar-refractivity contribution in [2.24, 2.45) is 0 Å². The highest BCUT2D eigenvalue weighted by atomic mass is 16.5. The first kappa shape index (κ1) is 13.4. The Labute approximate surface area is 111 Å². The number of allylic oxidation sites excluding steroid dienone is 1. The second-order valence-electron chi connectivity index (χ2n) is 4.07. The molecule has 102 valence electrons. The second kappa shape index (κ2) is 5.32. The number of benzene rings is 1. The number of ether oxygens (including phenoxy) is 3. The average Bonchev–Trinajstić information content (AvgIpc) is 2.38.